The van der Waals surface area contributed by atoms with Crippen molar-refractivity contribution in [2.75, 3.05) is 5.73 Å². The highest BCUT2D eigenvalue weighted by Gasteiger charge is 2.19. The highest BCUT2D eigenvalue weighted by Crippen LogP contribution is 2.31. The summed E-state index contributed by atoms with van der Waals surface area (Å²) in [5.74, 6) is -0.879. The average Bonchev–Trinajstić information content (AvgIpc) is 2.56. The summed E-state index contributed by atoms with van der Waals surface area (Å²) in [6, 6.07) is 4.01. The molecule has 1 heterocycles. The van der Waals surface area contributed by atoms with Gasteiger partial charge in [0, 0.05) is 10.4 Å². The van der Waals surface area contributed by atoms with Crippen molar-refractivity contribution in [3.8, 4) is 0 Å². The lowest BCUT2D eigenvalue weighted by Crippen LogP contribution is -2.05. The lowest BCUT2D eigenvalue weighted by Gasteiger charge is -2.03. The molecule has 0 spiro atoms. The van der Waals surface area contributed by atoms with Gasteiger partial charge in [-0.2, -0.15) is 0 Å². The highest BCUT2D eigenvalue weighted by molar-refractivity contribution is 7.16. The van der Waals surface area contributed by atoms with E-state index >= 15 is 0 Å². The SMILES string of the molecule is Cc1sc(N)c(C(=O)c2ccc(Cl)c(F)c2)c1C. The molecule has 1 aromatic heterocycles. The number of hydrogen-bond acceptors (Lipinski definition) is 3. The minimum absolute atomic E-state index is 0.00209. The van der Waals surface area contributed by atoms with Crippen molar-refractivity contribution < 1.29 is 9.18 Å². The summed E-state index contributed by atoms with van der Waals surface area (Å²) < 4.78 is 13.3. The number of aryl methyl sites for hydroxylation is 1. The Morgan fingerprint density at radius 2 is 2.06 bits per heavy atom. The fourth-order valence-electron chi connectivity index (χ4n) is 1.72. The number of carbonyl (C=O) groups excluding carboxylic acids is 1. The predicted molar refractivity (Wildman–Crippen MR) is 73.0 cm³/mol. The molecule has 0 fully saturated rings. The Kier molecular flexibility index (Phi) is 3.41. The lowest BCUT2D eigenvalue weighted by molar-refractivity contribution is 0.103. The van der Waals surface area contributed by atoms with Crippen molar-refractivity contribution >= 4 is 33.7 Å². The zero-order chi connectivity index (χ0) is 13.4. The highest BCUT2D eigenvalue weighted by atomic mass is 35.5. The van der Waals surface area contributed by atoms with Gasteiger partial charge in [-0.3, -0.25) is 4.79 Å². The Balaban J connectivity index is 2.51. The molecule has 2 N–H and O–H groups in total. The van der Waals surface area contributed by atoms with E-state index in [2.05, 4.69) is 0 Å². The number of ketones is 1. The Hall–Kier alpha value is -1.39. The van der Waals surface area contributed by atoms with Crippen LogP contribution in [0.5, 0.6) is 0 Å². The van der Waals surface area contributed by atoms with Gasteiger partial charge in [0.15, 0.2) is 5.78 Å². The van der Waals surface area contributed by atoms with Crippen LogP contribution in [0.25, 0.3) is 0 Å². The molecule has 94 valence electrons. The van der Waals surface area contributed by atoms with Crippen molar-refractivity contribution in [2.24, 2.45) is 0 Å². The fraction of sp³-hybridized carbons (Fsp3) is 0.154. The smallest absolute Gasteiger partial charge is 0.196 e. The maximum Gasteiger partial charge on any atom is 0.196 e. The third kappa shape index (κ3) is 2.13. The first-order valence-corrected chi connectivity index (χ1v) is 6.46. The maximum atomic E-state index is 13.3. The normalized spacial score (nSPS) is 10.7. The summed E-state index contributed by atoms with van der Waals surface area (Å²) in [7, 11) is 0. The van der Waals surface area contributed by atoms with Crippen LogP contribution < -0.4 is 5.73 Å². The molecule has 0 radical (unpaired) electrons. The minimum atomic E-state index is -0.606. The van der Waals surface area contributed by atoms with Crippen LogP contribution in [0.3, 0.4) is 0 Å². The Morgan fingerprint density at radius 1 is 1.39 bits per heavy atom. The molecule has 2 rings (SSSR count). The summed E-state index contributed by atoms with van der Waals surface area (Å²) in [5, 5.41) is 0.461. The van der Waals surface area contributed by atoms with Gasteiger partial charge < -0.3 is 5.73 Å². The summed E-state index contributed by atoms with van der Waals surface area (Å²) in [5.41, 5.74) is 7.38. The van der Waals surface area contributed by atoms with Gasteiger partial charge in [-0.25, -0.2) is 4.39 Å². The Morgan fingerprint density at radius 3 is 2.56 bits per heavy atom. The summed E-state index contributed by atoms with van der Waals surface area (Å²) in [6.45, 7) is 3.73. The summed E-state index contributed by atoms with van der Waals surface area (Å²) >= 11 is 6.95. The van der Waals surface area contributed by atoms with Gasteiger partial charge in [0.2, 0.25) is 0 Å². The van der Waals surface area contributed by atoms with E-state index in [-0.39, 0.29) is 16.4 Å². The first kappa shape index (κ1) is 13.1. The van der Waals surface area contributed by atoms with Crippen LogP contribution in [-0.4, -0.2) is 5.78 Å². The second-order valence-electron chi connectivity index (χ2n) is 3.98. The summed E-state index contributed by atoms with van der Waals surface area (Å²) in [4.78, 5) is 13.3. The van der Waals surface area contributed by atoms with Crippen LogP contribution >= 0.6 is 22.9 Å². The van der Waals surface area contributed by atoms with Crippen LogP contribution in [0.1, 0.15) is 26.4 Å². The number of rotatable bonds is 2. The lowest BCUT2D eigenvalue weighted by atomic mass is 10.0. The first-order chi connectivity index (χ1) is 8.41. The number of nitrogens with two attached hydrogens (primary N) is 1. The molecular weight excluding hydrogens is 273 g/mol. The van der Waals surface area contributed by atoms with Crippen molar-refractivity contribution in [3.05, 3.63) is 50.6 Å². The van der Waals surface area contributed by atoms with Gasteiger partial charge >= 0.3 is 0 Å². The van der Waals surface area contributed by atoms with Crippen molar-refractivity contribution in [1.29, 1.82) is 0 Å². The first-order valence-electron chi connectivity index (χ1n) is 5.27. The van der Waals surface area contributed by atoms with Crippen molar-refractivity contribution in [1.82, 2.24) is 0 Å². The molecule has 0 saturated carbocycles. The molecule has 0 amide bonds. The molecule has 0 aliphatic carbocycles. The van der Waals surface area contributed by atoms with E-state index in [0.717, 1.165) is 16.5 Å². The quantitative estimate of drug-likeness (QED) is 0.848. The van der Waals surface area contributed by atoms with Crippen molar-refractivity contribution in [2.45, 2.75) is 13.8 Å². The van der Waals surface area contributed by atoms with Gasteiger partial charge in [-0.05, 0) is 37.6 Å². The van der Waals surface area contributed by atoms with Crippen LogP contribution in [0.4, 0.5) is 9.39 Å². The van der Waals surface area contributed by atoms with E-state index in [4.69, 9.17) is 17.3 Å². The van der Waals surface area contributed by atoms with E-state index in [1.54, 1.807) is 0 Å². The molecule has 1 aromatic carbocycles. The third-order valence-electron chi connectivity index (χ3n) is 2.82. The van der Waals surface area contributed by atoms with Crippen LogP contribution in [0.2, 0.25) is 5.02 Å². The van der Waals surface area contributed by atoms with E-state index in [9.17, 15) is 9.18 Å². The number of halogens is 2. The molecular formula is C13H11ClFNOS. The molecule has 0 bridgehead atoms. The second kappa shape index (κ2) is 4.71. The third-order valence-corrected chi connectivity index (χ3v) is 4.16. The van der Waals surface area contributed by atoms with Gasteiger partial charge in [-0.1, -0.05) is 11.6 Å². The second-order valence-corrected chi connectivity index (χ2v) is 5.64. The number of hydrogen-bond donors (Lipinski definition) is 1. The van der Waals surface area contributed by atoms with E-state index in [1.807, 2.05) is 13.8 Å². The monoisotopic (exact) mass is 283 g/mol. The maximum absolute atomic E-state index is 13.3. The molecule has 2 aromatic rings. The average molecular weight is 284 g/mol. The standard InChI is InChI=1S/C13H11ClFNOS/c1-6-7(2)18-13(16)11(6)12(17)8-3-4-9(14)10(15)5-8/h3-5H,16H2,1-2H3. The van der Waals surface area contributed by atoms with Crippen LogP contribution in [0.15, 0.2) is 18.2 Å². The van der Waals surface area contributed by atoms with E-state index in [0.29, 0.717) is 10.6 Å². The van der Waals surface area contributed by atoms with Gasteiger partial charge in [0.25, 0.3) is 0 Å². The van der Waals surface area contributed by atoms with E-state index < -0.39 is 5.82 Å². The van der Waals surface area contributed by atoms with Crippen LogP contribution in [-0.2, 0) is 0 Å². The number of anilines is 1. The minimum Gasteiger partial charge on any atom is -0.390 e. The Bertz CT molecular complexity index is 636. The fourth-order valence-corrected chi connectivity index (χ4v) is 2.77. The van der Waals surface area contributed by atoms with Gasteiger partial charge in [0.05, 0.1) is 15.6 Å². The number of carbonyl (C=O) groups is 1. The molecule has 0 aliphatic rings. The largest absolute Gasteiger partial charge is 0.390 e. The molecule has 0 aliphatic heterocycles. The summed E-state index contributed by atoms with van der Waals surface area (Å²) in [6.07, 6.45) is 0. The molecule has 0 atom stereocenters. The molecule has 5 heteroatoms. The van der Waals surface area contributed by atoms with Crippen LogP contribution in [0, 0.1) is 19.7 Å². The zero-order valence-corrected chi connectivity index (χ0v) is 11.5. The molecule has 18 heavy (non-hydrogen) atoms. The molecule has 0 unspecified atom stereocenters. The Labute approximate surface area is 113 Å². The van der Waals surface area contributed by atoms with Crippen molar-refractivity contribution in [3.63, 3.8) is 0 Å². The predicted octanol–water partition coefficient (Wildman–Crippen LogP) is 3.97. The number of benzene rings is 1. The number of nitrogen functional groups attached to an aromatic ring is 1. The number of thiophene rings is 1. The van der Waals surface area contributed by atoms with Gasteiger partial charge in [-0.15, -0.1) is 11.3 Å². The molecule has 0 saturated heterocycles. The van der Waals surface area contributed by atoms with Gasteiger partial charge in [0.1, 0.15) is 5.82 Å². The van der Waals surface area contributed by atoms with E-state index in [1.165, 1.54) is 23.5 Å². The zero-order valence-electron chi connectivity index (χ0n) is 9.88. The molecule has 2 nitrogen and oxygen atoms in total. The topological polar surface area (TPSA) is 43.1 Å².